The maximum absolute atomic E-state index is 11.7. The fraction of sp³-hybridized carbons (Fsp3) is 0.947. The first-order valence-electron chi connectivity index (χ1n) is 9.33. The number of carbonyl (C=O) groups excluding carboxylic acids is 1. The Bertz CT molecular complexity index is 238. The molecule has 0 spiro atoms. The van der Waals surface area contributed by atoms with E-state index in [0.29, 0.717) is 18.3 Å². The van der Waals surface area contributed by atoms with Crippen LogP contribution >= 0.6 is 0 Å². The molecule has 21 heavy (non-hydrogen) atoms. The molecule has 0 saturated carbocycles. The van der Waals surface area contributed by atoms with Gasteiger partial charge in [0.25, 0.3) is 0 Å². The average molecular weight is 298 g/mol. The van der Waals surface area contributed by atoms with Crippen LogP contribution in [0.1, 0.15) is 98.3 Å². The van der Waals surface area contributed by atoms with Gasteiger partial charge in [0.1, 0.15) is 0 Å². The Morgan fingerprint density at radius 2 is 1.38 bits per heavy atom. The van der Waals surface area contributed by atoms with E-state index in [4.69, 9.17) is 0 Å². The minimum atomic E-state index is 0.229. The molecular weight excluding hydrogens is 258 g/mol. The zero-order valence-corrected chi connectivity index (χ0v) is 15.0. The Morgan fingerprint density at radius 1 is 0.857 bits per heavy atom. The monoisotopic (exact) mass is 297 g/mol. The summed E-state index contributed by atoms with van der Waals surface area (Å²) in [5.74, 6) is 1.30. The SMILES string of the molecule is CCCCCCCCCCCC(C)CC(=O)NCC(C)C. The van der Waals surface area contributed by atoms with Gasteiger partial charge in [-0.25, -0.2) is 0 Å². The van der Waals surface area contributed by atoms with Crippen molar-refractivity contribution in [3.63, 3.8) is 0 Å². The van der Waals surface area contributed by atoms with Crippen molar-refractivity contribution in [2.24, 2.45) is 11.8 Å². The second-order valence-corrected chi connectivity index (χ2v) is 7.12. The van der Waals surface area contributed by atoms with Crippen molar-refractivity contribution in [3.8, 4) is 0 Å². The first kappa shape index (κ1) is 20.5. The molecule has 0 aliphatic heterocycles. The molecule has 0 bridgehead atoms. The van der Waals surface area contributed by atoms with E-state index in [1.807, 2.05) is 0 Å². The van der Waals surface area contributed by atoms with E-state index in [1.54, 1.807) is 0 Å². The number of hydrogen-bond donors (Lipinski definition) is 1. The minimum absolute atomic E-state index is 0.229. The van der Waals surface area contributed by atoms with E-state index in [0.717, 1.165) is 6.54 Å². The van der Waals surface area contributed by atoms with Gasteiger partial charge in [0.2, 0.25) is 5.91 Å². The van der Waals surface area contributed by atoms with Crippen LogP contribution in [-0.4, -0.2) is 12.5 Å². The standard InChI is InChI=1S/C19H39NO/c1-5-6-7-8-9-10-11-12-13-14-18(4)15-19(21)20-16-17(2)3/h17-18H,5-16H2,1-4H3,(H,20,21). The van der Waals surface area contributed by atoms with Crippen LogP contribution in [0.5, 0.6) is 0 Å². The number of nitrogens with one attached hydrogen (secondary N) is 1. The zero-order valence-electron chi connectivity index (χ0n) is 15.0. The predicted octanol–water partition coefficient (Wildman–Crippen LogP) is 5.71. The van der Waals surface area contributed by atoms with Gasteiger partial charge < -0.3 is 5.32 Å². The fourth-order valence-electron chi connectivity index (χ4n) is 2.61. The molecule has 1 amide bonds. The molecule has 0 aromatic rings. The number of hydrogen-bond acceptors (Lipinski definition) is 1. The average Bonchev–Trinajstić information content (AvgIpc) is 2.43. The van der Waals surface area contributed by atoms with Gasteiger partial charge in [-0.2, -0.15) is 0 Å². The third-order valence-corrected chi connectivity index (χ3v) is 4.04. The lowest BCUT2D eigenvalue weighted by Crippen LogP contribution is -2.28. The first-order chi connectivity index (χ1) is 10.1. The minimum Gasteiger partial charge on any atom is -0.356 e. The van der Waals surface area contributed by atoms with Crippen molar-refractivity contribution >= 4 is 5.91 Å². The van der Waals surface area contributed by atoms with E-state index < -0.39 is 0 Å². The van der Waals surface area contributed by atoms with E-state index >= 15 is 0 Å². The molecule has 2 nitrogen and oxygen atoms in total. The molecule has 0 rings (SSSR count). The summed E-state index contributed by atoms with van der Waals surface area (Å²) in [5.41, 5.74) is 0. The predicted molar refractivity (Wildman–Crippen MR) is 93.5 cm³/mol. The summed E-state index contributed by atoms with van der Waals surface area (Å²) >= 11 is 0. The topological polar surface area (TPSA) is 29.1 Å². The van der Waals surface area contributed by atoms with Gasteiger partial charge in [-0.15, -0.1) is 0 Å². The lowest BCUT2D eigenvalue weighted by Gasteiger charge is -2.12. The maximum Gasteiger partial charge on any atom is 0.220 e. The molecular formula is C19H39NO. The van der Waals surface area contributed by atoms with Crippen molar-refractivity contribution in [3.05, 3.63) is 0 Å². The third-order valence-electron chi connectivity index (χ3n) is 4.04. The van der Waals surface area contributed by atoms with Crippen LogP contribution in [0.4, 0.5) is 0 Å². The van der Waals surface area contributed by atoms with E-state index in [1.165, 1.54) is 64.2 Å². The van der Waals surface area contributed by atoms with Crippen LogP contribution in [0.15, 0.2) is 0 Å². The van der Waals surface area contributed by atoms with Crippen LogP contribution in [-0.2, 0) is 4.79 Å². The van der Waals surface area contributed by atoms with Crippen LogP contribution in [0.3, 0.4) is 0 Å². The number of carbonyl (C=O) groups is 1. The lowest BCUT2D eigenvalue weighted by atomic mass is 9.98. The lowest BCUT2D eigenvalue weighted by molar-refractivity contribution is -0.122. The molecule has 0 aromatic carbocycles. The van der Waals surface area contributed by atoms with Gasteiger partial charge in [-0.05, 0) is 11.8 Å². The van der Waals surface area contributed by atoms with Crippen LogP contribution in [0.25, 0.3) is 0 Å². The molecule has 1 N–H and O–H groups in total. The summed E-state index contributed by atoms with van der Waals surface area (Å²) in [7, 11) is 0. The highest BCUT2D eigenvalue weighted by Gasteiger charge is 2.08. The molecule has 0 heterocycles. The molecule has 0 aliphatic carbocycles. The second kappa shape index (κ2) is 14.4. The van der Waals surface area contributed by atoms with Crippen LogP contribution in [0.2, 0.25) is 0 Å². The Hall–Kier alpha value is -0.530. The van der Waals surface area contributed by atoms with Gasteiger partial charge in [-0.1, -0.05) is 91.9 Å². The molecule has 0 radical (unpaired) electrons. The number of amides is 1. The number of rotatable bonds is 14. The Kier molecular flexibility index (Phi) is 14.0. The second-order valence-electron chi connectivity index (χ2n) is 7.12. The third kappa shape index (κ3) is 15.7. The normalized spacial score (nSPS) is 12.6. The highest BCUT2D eigenvalue weighted by Crippen LogP contribution is 2.15. The van der Waals surface area contributed by atoms with E-state index in [-0.39, 0.29) is 5.91 Å². The largest absolute Gasteiger partial charge is 0.356 e. The van der Waals surface area contributed by atoms with Crippen molar-refractivity contribution < 1.29 is 4.79 Å². The first-order valence-corrected chi connectivity index (χ1v) is 9.33. The summed E-state index contributed by atoms with van der Waals surface area (Å²) in [6, 6.07) is 0. The highest BCUT2D eigenvalue weighted by atomic mass is 16.1. The van der Waals surface area contributed by atoms with Crippen LogP contribution in [0, 0.1) is 11.8 Å². The summed E-state index contributed by atoms with van der Waals surface area (Å²) in [6.45, 7) is 9.55. The van der Waals surface area contributed by atoms with Gasteiger partial charge >= 0.3 is 0 Å². The van der Waals surface area contributed by atoms with Crippen molar-refractivity contribution in [2.45, 2.75) is 98.3 Å². The molecule has 0 fully saturated rings. The maximum atomic E-state index is 11.7. The fourth-order valence-corrected chi connectivity index (χ4v) is 2.61. The van der Waals surface area contributed by atoms with Crippen molar-refractivity contribution in [1.29, 1.82) is 0 Å². The number of unbranched alkanes of at least 4 members (excludes halogenated alkanes) is 8. The summed E-state index contributed by atoms with van der Waals surface area (Å²) in [6.07, 6.45) is 14.3. The highest BCUT2D eigenvalue weighted by molar-refractivity contribution is 5.76. The summed E-state index contributed by atoms with van der Waals surface area (Å²) in [5, 5.41) is 3.01. The van der Waals surface area contributed by atoms with Gasteiger partial charge in [0.05, 0.1) is 0 Å². The molecule has 0 aliphatic rings. The molecule has 126 valence electrons. The van der Waals surface area contributed by atoms with Crippen LogP contribution < -0.4 is 5.32 Å². The summed E-state index contributed by atoms with van der Waals surface area (Å²) in [4.78, 5) is 11.7. The molecule has 0 aromatic heterocycles. The van der Waals surface area contributed by atoms with Gasteiger partial charge in [0, 0.05) is 13.0 Å². The Labute approximate surface area is 133 Å². The van der Waals surface area contributed by atoms with E-state index in [9.17, 15) is 4.79 Å². The molecule has 1 unspecified atom stereocenters. The Balaban J connectivity index is 3.33. The quantitative estimate of drug-likeness (QED) is 0.409. The summed E-state index contributed by atoms with van der Waals surface area (Å²) < 4.78 is 0. The van der Waals surface area contributed by atoms with Crippen molar-refractivity contribution in [2.75, 3.05) is 6.54 Å². The van der Waals surface area contributed by atoms with E-state index in [2.05, 4.69) is 33.0 Å². The van der Waals surface area contributed by atoms with Gasteiger partial charge in [0.15, 0.2) is 0 Å². The smallest absolute Gasteiger partial charge is 0.220 e. The Morgan fingerprint density at radius 3 is 1.90 bits per heavy atom. The van der Waals surface area contributed by atoms with Gasteiger partial charge in [-0.3, -0.25) is 4.79 Å². The molecule has 0 saturated heterocycles. The molecule has 2 heteroatoms. The zero-order chi connectivity index (χ0) is 15.9. The van der Waals surface area contributed by atoms with Crippen molar-refractivity contribution in [1.82, 2.24) is 5.32 Å². The molecule has 1 atom stereocenters.